The first-order valence-corrected chi connectivity index (χ1v) is 9.61. The van der Waals surface area contributed by atoms with Gasteiger partial charge in [0.25, 0.3) is 5.91 Å². The summed E-state index contributed by atoms with van der Waals surface area (Å²) >= 11 is 0. The highest BCUT2D eigenvalue weighted by Crippen LogP contribution is 2.24. The van der Waals surface area contributed by atoms with E-state index < -0.39 is 0 Å². The SMILES string of the molecule is C[C@@H](NC(=O)c1cn(C/C=C/c2ccccc2)nn1)c1cccc2ccccc12. The number of aromatic nitrogens is 3. The molecule has 0 saturated carbocycles. The van der Waals surface area contributed by atoms with Gasteiger partial charge in [-0.2, -0.15) is 0 Å². The predicted molar refractivity (Wildman–Crippen MR) is 115 cm³/mol. The molecule has 3 aromatic carbocycles. The number of hydrogen-bond donors (Lipinski definition) is 1. The fourth-order valence-electron chi connectivity index (χ4n) is 3.33. The monoisotopic (exact) mass is 382 g/mol. The molecule has 4 rings (SSSR count). The number of amides is 1. The van der Waals surface area contributed by atoms with Crippen molar-refractivity contribution < 1.29 is 4.79 Å². The lowest BCUT2D eigenvalue weighted by Crippen LogP contribution is -2.27. The van der Waals surface area contributed by atoms with Crippen LogP contribution in [0.1, 0.15) is 34.6 Å². The Morgan fingerprint density at radius 1 is 1.03 bits per heavy atom. The summed E-state index contributed by atoms with van der Waals surface area (Å²) in [6, 6.07) is 24.2. The minimum Gasteiger partial charge on any atom is -0.344 e. The maximum atomic E-state index is 12.6. The smallest absolute Gasteiger partial charge is 0.273 e. The van der Waals surface area contributed by atoms with Crippen molar-refractivity contribution in [2.24, 2.45) is 0 Å². The Kier molecular flexibility index (Phi) is 5.47. The Hall–Kier alpha value is -3.73. The van der Waals surface area contributed by atoms with Crippen LogP contribution in [-0.2, 0) is 6.54 Å². The standard InChI is InChI=1S/C24H22N4O/c1-18(21-15-7-13-20-12-5-6-14-22(20)21)25-24(29)23-17-28(27-26-23)16-8-11-19-9-3-2-4-10-19/h2-15,17-18H,16H2,1H3,(H,25,29)/b11-8+/t18-/m1/s1. The molecule has 144 valence electrons. The fourth-order valence-corrected chi connectivity index (χ4v) is 3.33. The largest absolute Gasteiger partial charge is 0.344 e. The van der Waals surface area contributed by atoms with Crippen molar-refractivity contribution in [3.63, 3.8) is 0 Å². The molecule has 0 bridgehead atoms. The van der Waals surface area contributed by atoms with Gasteiger partial charge in [0.05, 0.1) is 18.8 Å². The first-order valence-electron chi connectivity index (χ1n) is 9.61. The number of nitrogens with zero attached hydrogens (tertiary/aromatic N) is 3. The molecule has 0 aliphatic heterocycles. The second-order valence-corrected chi connectivity index (χ2v) is 6.90. The second kappa shape index (κ2) is 8.52. The third-order valence-electron chi connectivity index (χ3n) is 4.81. The molecule has 5 nitrogen and oxygen atoms in total. The zero-order chi connectivity index (χ0) is 20.1. The Balaban J connectivity index is 1.42. The molecule has 0 aliphatic rings. The summed E-state index contributed by atoms with van der Waals surface area (Å²) in [6.07, 6.45) is 5.68. The third kappa shape index (κ3) is 4.41. The van der Waals surface area contributed by atoms with Gasteiger partial charge in [-0.1, -0.05) is 90.2 Å². The van der Waals surface area contributed by atoms with Crippen LogP contribution in [0.15, 0.2) is 85.1 Å². The van der Waals surface area contributed by atoms with E-state index in [2.05, 4.69) is 33.8 Å². The van der Waals surface area contributed by atoms with Gasteiger partial charge in [0.2, 0.25) is 0 Å². The Labute approximate surface area is 169 Å². The molecule has 1 atom stereocenters. The lowest BCUT2D eigenvalue weighted by atomic mass is 9.99. The fraction of sp³-hybridized carbons (Fsp3) is 0.125. The van der Waals surface area contributed by atoms with Gasteiger partial charge in [-0.15, -0.1) is 5.10 Å². The van der Waals surface area contributed by atoms with Crippen LogP contribution in [0.25, 0.3) is 16.8 Å². The van der Waals surface area contributed by atoms with E-state index >= 15 is 0 Å². The van der Waals surface area contributed by atoms with Crippen molar-refractivity contribution in [1.82, 2.24) is 20.3 Å². The van der Waals surface area contributed by atoms with Crippen LogP contribution in [0.3, 0.4) is 0 Å². The van der Waals surface area contributed by atoms with Gasteiger partial charge in [0, 0.05) is 0 Å². The molecule has 1 heterocycles. The van der Waals surface area contributed by atoms with Crippen LogP contribution < -0.4 is 5.32 Å². The molecule has 0 fully saturated rings. The van der Waals surface area contributed by atoms with Crippen LogP contribution in [0, 0.1) is 0 Å². The average molecular weight is 382 g/mol. The van der Waals surface area contributed by atoms with Crippen molar-refractivity contribution in [3.8, 4) is 0 Å². The molecule has 0 saturated heterocycles. The Morgan fingerprint density at radius 3 is 2.66 bits per heavy atom. The summed E-state index contributed by atoms with van der Waals surface area (Å²) in [5.74, 6) is -0.233. The number of carbonyl (C=O) groups is 1. The van der Waals surface area contributed by atoms with Gasteiger partial charge in [-0.3, -0.25) is 4.79 Å². The highest BCUT2D eigenvalue weighted by molar-refractivity contribution is 5.93. The average Bonchev–Trinajstić information content (AvgIpc) is 3.23. The van der Waals surface area contributed by atoms with E-state index in [4.69, 9.17) is 0 Å². The van der Waals surface area contributed by atoms with E-state index in [-0.39, 0.29) is 11.9 Å². The number of carbonyl (C=O) groups excluding carboxylic acids is 1. The molecular weight excluding hydrogens is 360 g/mol. The summed E-state index contributed by atoms with van der Waals surface area (Å²) in [6.45, 7) is 2.53. The first kappa shape index (κ1) is 18.6. The van der Waals surface area contributed by atoms with Crippen molar-refractivity contribution in [1.29, 1.82) is 0 Å². The number of nitrogens with one attached hydrogen (secondary N) is 1. The second-order valence-electron chi connectivity index (χ2n) is 6.90. The predicted octanol–water partition coefficient (Wildman–Crippen LogP) is 4.64. The van der Waals surface area contributed by atoms with Gasteiger partial charge >= 0.3 is 0 Å². The molecule has 1 N–H and O–H groups in total. The van der Waals surface area contributed by atoms with Crippen LogP contribution in [0.2, 0.25) is 0 Å². The molecule has 1 aromatic heterocycles. The molecule has 0 spiro atoms. The van der Waals surface area contributed by atoms with Crippen LogP contribution in [0.4, 0.5) is 0 Å². The Bertz CT molecular complexity index is 1140. The molecule has 5 heteroatoms. The summed E-state index contributed by atoms with van der Waals surface area (Å²) in [7, 11) is 0. The highest BCUT2D eigenvalue weighted by atomic mass is 16.2. The lowest BCUT2D eigenvalue weighted by molar-refractivity contribution is 0.0935. The Morgan fingerprint density at radius 2 is 1.79 bits per heavy atom. The van der Waals surface area contributed by atoms with Gasteiger partial charge in [-0.05, 0) is 28.8 Å². The number of rotatable bonds is 6. The number of hydrogen-bond acceptors (Lipinski definition) is 3. The topological polar surface area (TPSA) is 59.8 Å². The maximum absolute atomic E-state index is 12.6. The zero-order valence-electron chi connectivity index (χ0n) is 16.2. The van der Waals surface area contributed by atoms with Crippen molar-refractivity contribution >= 4 is 22.8 Å². The summed E-state index contributed by atoms with van der Waals surface area (Å²) in [5.41, 5.74) is 2.51. The molecular formula is C24H22N4O. The van der Waals surface area contributed by atoms with E-state index in [9.17, 15) is 4.79 Å². The van der Waals surface area contributed by atoms with E-state index in [0.717, 1.165) is 21.9 Å². The maximum Gasteiger partial charge on any atom is 0.273 e. The number of fused-ring (bicyclic) bond motifs is 1. The zero-order valence-corrected chi connectivity index (χ0v) is 16.2. The summed E-state index contributed by atoms with van der Waals surface area (Å²) in [5, 5.41) is 13.4. The van der Waals surface area contributed by atoms with Gasteiger partial charge in [-0.25, -0.2) is 4.68 Å². The summed E-state index contributed by atoms with van der Waals surface area (Å²) < 4.78 is 1.65. The van der Waals surface area contributed by atoms with E-state index in [1.54, 1.807) is 10.9 Å². The van der Waals surface area contributed by atoms with Crippen molar-refractivity contribution in [2.75, 3.05) is 0 Å². The first-order chi connectivity index (χ1) is 14.2. The third-order valence-corrected chi connectivity index (χ3v) is 4.81. The molecule has 0 radical (unpaired) electrons. The minimum absolute atomic E-state index is 0.142. The van der Waals surface area contributed by atoms with Crippen LogP contribution in [0.5, 0.6) is 0 Å². The van der Waals surface area contributed by atoms with E-state index in [1.165, 1.54) is 0 Å². The number of benzene rings is 3. The normalized spacial score (nSPS) is 12.3. The van der Waals surface area contributed by atoms with E-state index in [1.807, 2.05) is 73.7 Å². The minimum atomic E-state index is -0.233. The molecule has 0 unspecified atom stereocenters. The van der Waals surface area contributed by atoms with Gasteiger partial charge in [0.15, 0.2) is 5.69 Å². The van der Waals surface area contributed by atoms with Crippen molar-refractivity contribution in [2.45, 2.75) is 19.5 Å². The molecule has 4 aromatic rings. The van der Waals surface area contributed by atoms with Crippen molar-refractivity contribution in [3.05, 3.63) is 102 Å². The molecule has 29 heavy (non-hydrogen) atoms. The van der Waals surface area contributed by atoms with Gasteiger partial charge < -0.3 is 5.32 Å². The highest BCUT2D eigenvalue weighted by Gasteiger charge is 2.16. The molecule has 1 amide bonds. The van der Waals surface area contributed by atoms with Crippen LogP contribution in [-0.4, -0.2) is 20.9 Å². The number of allylic oxidation sites excluding steroid dienone is 1. The van der Waals surface area contributed by atoms with Gasteiger partial charge in [0.1, 0.15) is 0 Å². The summed E-state index contributed by atoms with van der Waals surface area (Å²) in [4.78, 5) is 12.6. The van der Waals surface area contributed by atoms with E-state index in [0.29, 0.717) is 12.2 Å². The quantitative estimate of drug-likeness (QED) is 0.529. The lowest BCUT2D eigenvalue weighted by Gasteiger charge is -2.15. The molecule has 0 aliphatic carbocycles. The van der Waals surface area contributed by atoms with Crippen LogP contribution >= 0.6 is 0 Å².